The van der Waals surface area contributed by atoms with Crippen molar-refractivity contribution in [3.8, 4) is 11.1 Å². The zero-order chi connectivity index (χ0) is 22.7. The Kier molecular flexibility index (Phi) is 6.58. The van der Waals surface area contributed by atoms with E-state index < -0.39 is 0 Å². The van der Waals surface area contributed by atoms with Gasteiger partial charge in [0.1, 0.15) is 0 Å². The zero-order valence-electron chi connectivity index (χ0n) is 19.8. The number of pyridine rings is 1. The van der Waals surface area contributed by atoms with Gasteiger partial charge in [-0.2, -0.15) is 4.98 Å². The molecule has 170 valence electrons. The molecule has 2 N–H and O–H groups in total. The Hall–Kier alpha value is -2.77. The minimum absolute atomic E-state index is 0.139. The van der Waals surface area contributed by atoms with E-state index in [-0.39, 0.29) is 11.5 Å². The second-order valence-electron chi connectivity index (χ2n) is 9.57. The lowest BCUT2D eigenvalue weighted by Crippen LogP contribution is -2.43. The van der Waals surface area contributed by atoms with Crippen LogP contribution in [0.3, 0.4) is 0 Å². The second kappa shape index (κ2) is 9.38. The van der Waals surface area contributed by atoms with Crippen molar-refractivity contribution in [1.82, 2.24) is 25.8 Å². The Morgan fingerprint density at radius 1 is 1.19 bits per heavy atom. The summed E-state index contributed by atoms with van der Waals surface area (Å²) in [6.45, 7) is 15.2. The van der Waals surface area contributed by atoms with Crippen molar-refractivity contribution in [2.24, 2.45) is 0 Å². The maximum absolute atomic E-state index is 5.40. The lowest BCUT2D eigenvalue weighted by Gasteiger charge is -2.31. The van der Waals surface area contributed by atoms with Gasteiger partial charge in [0, 0.05) is 49.4 Å². The van der Waals surface area contributed by atoms with Crippen molar-refractivity contribution < 1.29 is 4.52 Å². The molecule has 32 heavy (non-hydrogen) atoms. The number of aromatic nitrogens is 3. The van der Waals surface area contributed by atoms with Crippen LogP contribution in [-0.2, 0) is 12.0 Å². The van der Waals surface area contributed by atoms with Crippen molar-refractivity contribution in [3.63, 3.8) is 0 Å². The molecule has 0 bridgehead atoms. The van der Waals surface area contributed by atoms with Crippen LogP contribution in [0.25, 0.3) is 11.1 Å². The topological polar surface area (TPSA) is 79.1 Å². The molecule has 1 aromatic carbocycles. The number of rotatable bonds is 6. The fourth-order valence-electron chi connectivity index (χ4n) is 4.10. The largest absolute Gasteiger partial charge is 0.367 e. The van der Waals surface area contributed by atoms with E-state index in [9.17, 15) is 0 Å². The van der Waals surface area contributed by atoms with Gasteiger partial charge < -0.3 is 20.1 Å². The number of hydrogen-bond donors (Lipinski definition) is 2. The van der Waals surface area contributed by atoms with Crippen molar-refractivity contribution in [2.75, 3.05) is 31.1 Å². The molecule has 1 aliphatic heterocycles. The van der Waals surface area contributed by atoms with Gasteiger partial charge in [0.25, 0.3) is 0 Å². The van der Waals surface area contributed by atoms with E-state index in [2.05, 4.69) is 89.5 Å². The van der Waals surface area contributed by atoms with E-state index >= 15 is 0 Å². The van der Waals surface area contributed by atoms with Gasteiger partial charge in [0.15, 0.2) is 5.82 Å². The van der Waals surface area contributed by atoms with Gasteiger partial charge in [-0.1, -0.05) is 44.1 Å². The molecule has 1 aliphatic rings. The summed E-state index contributed by atoms with van der Waals surface area (Å²) in [7, 11) is 0. The lowest BCUT2D eigenvalue weighted by molar-refractivity contribution is 0.317. The fourth-order valence-corrected chi connectivity index (χ4v) is 4.10. The number of aryl methyl sites for hydroxylation is 1. The molecule has 0 aliphatic carbocycles. The SMILES string of the molecule is Cc1cc(-c2ccncc2N2CCNCC2)ccc1C(C)NCc1noc(C(C)(C)C)n1. The van der Waals surface area contributed by atoms with Crippen molar-refractivity contribution in [2.45, 2.75) is 52.6 Å². The van der Waals surface area contributed by atoms with E-state index in [1.54, 1.807) is 0 Å². The molecule has 1 saturated heterocycles. The number of nitrogens with zero attached hydrogens (tertiary/aromatic N) is 4. The highest BCUT2D eigenvalue weighted by Gasteiger charge is 2.22. The number of nitrogens with one attached hydrogen (secondary N) is 2. The van der Waals surface area contributed by atoms with Crippen LogP contribution in [-0.4, -0.2) is 41.3 Å². The highest BCUT2D eigenvalue weighted by molar-refractivity contribution is 5.78. The third-order valence-corrected chi connectivity index (χ3v) is 5.98. The van der Waals surface area contributed by atoms with Crippen LogP contribution in [0.2, 0.25) is 0 Å². The molecule has 1 unspecified atom stereocenters. The third-order valence-electron chi connectivity index (χ3n) is 5.98. The molecule has 1 fully saturated rings. The summed E-state index contributed by atoms with van der Waals surface area (Å²) >= 11 is 0. The molecule has 7 nitrogen and oxygen atoms in total. The quantitative estimate of drug-likeness (QED) is 0.607. The zero-order valence-corrected chi connectivity index (χ0v) is 19.8. The fraction of sp³-hybridized carbons (Fsp3) is 0.480. The first-order valence-electron chi connectivity index (χ1n) is 11.4. The first-order valence-corrected chi connectivity index (χ1v) is 11.4. The van der Waals surface area contributed by atoms with Crippen LogP contribution in [0.15, 0.2) is 41.2 Å². The molecule has 3 aromatic rings. The smallest absolute Gasteiger partial charge is 0.232 e. The van der Waals surface area contributed by atoms with Gasteiger partial charge in [0.05, 0.1) is 18.4 Å². The third kappa shape index (κ3) is 5.00. The first-order chi connectivity index (χ1) is 15.3. The first kappa shape index (κ1) is 22.4. The van der Waals surface area contributed by atoms with Crippen molar-refractivity contribution in [1.29, 1.82) is 0 Å². The van der Waals surface area contributed by atoms with Gasteiger partial charge in [-0.15, -0.1) is 0 Å². The number of benzene rings is 1. The Bertz CT molecular complexity index is 1050. The summed E-state index contributed by atoms with van der Waals surface area (Å²) < 4.78 is 5.40. The maximum atomic E-state index is 5.40. The molecule has 4 rings (SSSR count). The molecule has 0 amide bonds. The van der Waals surface area contributed by atoms with Crippen LogP contribution >= 0.6 is 0 Å². The van der Waals surface area contributed by atoms with E-state index in [0.29, 0.717) is 18.3 Å². The maximum Gasteiger partial charge on any atom is 0.232 e. The van der Waals surface area contributed by atoms with Crippen LogP contribution in [0.5, 0.6) is 0 Å². The molecule has 0 spiro atoms. The molecule has 0 saturated carbocycles. The molecule has 3 heterocycles. The lowest BCUT2D eigenvalue weighted by atomic mass is 9.96. The van der Waals surface area contributed by atoms with Crippen LogP contribution in [0, 0.1) is 6.92 Å². The van der Waals surface area contributed by atoms with Gasteiger partial charge in [-0.05, 0) is 36.6 Å². The van der Waals surface area contributed by atoms with Crippen molar-refractivity contribution >= 4 is 5.69 Å². The Labute approximate surface area is 190 Å². The molecular weight excluding hydrogens is 400 g/mol. The average molecular weight is 435 g/mol. The number of hydrogen-bond acceptors (Lipinski definition) is 7. The average Bonchev–Trinajstić information content (AvgIpc) is 3.28. The summed E-state index contributed by atoms with van der Waals surface area (Å²) in [6.07, 6.45) is 3.87. The highest BCUT2D eigenvalue weighted by atomic mass is 16.5. The Morgan fingerprint density at radius 3 is 2.66 bits per heavy atom. The summed E-state index contributed by atoms with van der Waals surface area (Å²) in [6, 6.07) is 9.01. The number of anilines is 1. The number of piperazine rings is 1. The van der Waals surface area contributed by atoms with Crippen LogP contribution in [0.4, 0.5) is 5.69 Å². The summed E-state index contributed by atoms with van der Waals surface area (Å²) in [4.78, 5) is 11.3. The summed E-state index contributed by atoms with van der Waals surface area (Å²) in [5.74, 6) is 1.36. The molecular formula is C25H34N6O. The minimum Gasteiger partial charge on any atom is -0.367 e. The van der Waals surface area contributed by atoms with E-state index in [1.165, 1.54) is 27.9 Å². The predicted octanol–water partition coefficient (Wildman–Crippen LogP) is 4.00. The van der Waals surface area contributed by atoms with E-state index in [4.69, 9.17) is 4.52 Å². The van der Waals surface area contributed by atoms with Gasteiger partial charge in [-0.25, -0.2) is 0 Å². The summed E-state index contributed by atoms with van der Waals surface area (Å²) in [5.41, 5.74) is 6.06. The van der Waals surface area contributed by atoms with E-state index in [1.807, 2.05) is 12.4 Å². The Balaban J connectivity index is 1.48. The normalized spacial score (nSPS) is 15.7. The van der Waals surface area contributed by atoms with Crippen molar-refractivity contribution in [3.05, 3.63) is 59.5 Å². The second-order valence-corrected chi connectivity index (χ2v) is 9.57. The Morgan fingerprint density at radius 2 is 1.97 bits per heavy atom. The predicted molar refractivity (Wildman–Crippen MR) is 128 cm³/mol. The molecule has 2 aromatic heterocycles. The highest BCUT2D eigenvalue weighted by Crippen LogP contribution is 2.32. The van der Waals surface area contributed by atoms with Crippen LogP contribution < -0.4 is 15.5 Å². The molecule has 1 atom stereocenters. The van der Waals surface area contributed by atoms with Gasteiger partial charge >= 0.3 is 0 Å². The van der Waals surface area contributed by atoms with Crippen LogP contribution in [0.1, 0.15) is 56.6 Å². The summed E-state index contributed by atoms with van der Waals surface area (Å²) in [5, 5.41) is 11.1. The molecule has 7 heteroatoms. The monoisotopic (exact) mass is 434 g/mol. The van der Waals surface area contributed by atoms with E-state index in [0.717, 1.165) is 26.2 Å². The van der Waals surface area contributed by atoms with Gasteiger partial charge in [0.2, 0.25) is 5.89 Å². The molecule has 0 radical (unpaired) electrons. The van der Waals surface area contributed by atoms with Gasteiger partial charge in [-0.3, -0.25) is 4.98 Å². The minimum atomic E-state index is -0.139. The standard InChI is InChI=1S/C25H34N6O/c1-17-14-19(21-8-9-27-15-22(21)31-12-10-26-11-13-31)6-7-20(17)18(2)28-16-23-29-24(32-30-23)25(3,4)5/h6-9,14-15,18,26,28H,10-13,16H2,1-5H3.